The van der Waals surface area contributed by atoms with Crippen molar-refractivity contribution in [3.63, 3.8) is 0 Å². The van der Waals surface area contributed by atoms with Gasteiger partial charge in [0.15, 0.2) is 5.82 Å². The topological polar surface area (TPSA) is 25.8 Å². The molecule has 0 aliphatic heterocycles. The molecule has 0 amide bonds. The fourth-order valence-electron chi connectivity index (χ4n) is 3.05. The summed E-state index contributed by atoms with van der Waals surface area (Å²) in [4.78, 5) is 8.67. The monoisotopic (exact) mass is 320 g/mol. The van der Waals surface area contributed by atoms with Crippen molar-refractivity contribution < 1.29 is 4.39 Å². The van der Waals surface area contributed by atoms with Gasteiger partial charge in [-0.1, -0.05) is 24.0 Å². The number of nitrogens with zero attached hydrogens (tertiary/aromatic N) is 2. The van der Waals surface area contributed by atoms with E-state index in [0.29, 0.717) is 11.7 Å². The van der Waals surface area contributed by atoms with Gasteiger partial charge in [0.2, 0.25) is 0 Å². The summed E-state index contributed by atoms with van der Waals surface area (Å²) in [5.74, 6) is 8.09. The standard InChI is InChI=1S/C21H21FN2/c1-2-3-16-4-6-17(7-5-16)8-9-18-14-23-21(24-15-18)19-10-12-20(22)13-11-19/h2-3,10-17H,4-7H2,1H3/b3-2+/t16-,17-. The fourth-order valence-corrected chi connectivity index (χ4v) is 3.05. The molecule has 0 N–H and O–H groups in total. The van der Waals surface area contributed by atoms with Crippen molar-refractivity contribution in [3.05, 3.63) is 60.2 Å². The summed E-state index contributed by atoms with van der Waals surface area (Å²) < 4.78 is 12.9. The highest BCUT2D eigenvalue weighted by Gasteiger charge is 2.17. The molecule has 3 heteroatoms. The Bertz CT molecular complexity index is 743. The second-order valence-corrected chi connectivity index (χ2v) is 6.21. The third-order valence-electron chi connectivity index (χ3n) is 4.41. The first-order valence-electron chi connectivity index (χ1n) is 8.47. The van der Waals surface area contributed by atoms with Crippen LogP contribution >= 0.6 is 0 Å². The minimum absolute atomic E-state index is 0.259. The van der Waals surface area contributed by atoms with E-state index in [0.717, 1.165) is 29.9 Å². The van der Waals surface area contributed by atoms with E-state index in [1.807, 2.05) is 0 Å². The Morgan fingerprint density at radius 1 is 1.04 bits per heavy atom. The lowest BCUT2D eigenvalue weighted by Gasteiger charge is -2.22. The molecule has 24 heavy (non-hydrogen) atoms. The summed E-state index contributed by atoms with van der Waals surface area (Å²) >= 11 is 0. The van der Waals surface area contributed by atoms with Crippen LogP contribution in [0.4, 0.5) is 4.39 Å². The van der Waals surface area contributed by atoms with E-state index in [1.165, 1.54) is 25.0 Å². The van der Waals surface area contributed by atoms with Gasteiger partial charge in [-0.3, -0.25) is 0 Å². The van der Waals surface area contributed by atoms with Gasteiger partial charge in [-0.2, -0.15) is 0 Å². The maximum atomic E-state index is 12.9. The van der Waals surface area contributed by atoms with Crippen LogP contribution in [-0.2, 0) is 0 Å². The van der Waals surface area contributed by atoms with E-state index in [4.69, 9.17) is 0 Å². The predicted octanol–water partition coefficient (Wildman–Crippen LogP) is 5.02. The summed E-state index contributed by atoms with van der Waals surface area (Å²) in [7, 11) is 0. The first-order valence-corrected chi connectivity index (χ1v) is 8.47. The predicted molar refractivity (Wildman–Crippen MR) is 94.6 cm³/mol. The lowest BCUT2D eigenvalue weighted by atomic mass is 9.82. The maximum Gasteiger partial charge on any atom is 0.159 e. The van der Waals surface area contributed by atoms with Crippen LogP contribution in [0.25, 0.3) is 11.4 Å². The van der Waals surface area contributed by atoms with Gasteiger partial charge in [-0.05, 0) is 62.8 Å². The molecule has 1 aliphatic rings. The van der Waals surface area contributed by atoms with E-state index >= 15 is 0 Å². The van der Waals surface area contributed by atoms with E-state index in [2.05, 4.69) is 40.9 Å². The third kappa shape index (κ3) is 4.29. The highest BCUT2D eigenvalue weighted by Crippen LogP contribution is 2.29. The zero-order valence-electron chi connectivity index (χ0n) is 13.9. The first kappa shape index (κ1) is 16.4. The average Bonchev–Trinajstić information content (AvgIpc) is 2.63. The minimum atomic E-state index is -0.259. The highest BCUT2D eigenvalue weighted by atomic mass is 19.1. The Kier molecular flexibility index (Phi) is 5.38. The van der Waals surface area contributed by atoms with Crippen molar-refractivity contribution >= 4 is 0 Å². The number of halogens is 1. The second kappa shape index (κ2) is 7.88. The Morgan fingerprint density at radius 3 is 2.33 bits per heavy atom. The molecular formula is C21H21FN2. The van der Waals surface area contributed by atoms with E-state index < -0.39 is 0 Å². The van der Waals surface area contributed by atoms with Crippen LogP contribution in [0, 0.1) is 29.5 Å². The van der Waals surface area contributed by atoms with Crippen LogP contribution in [0.3, 0.4) is 0 Å². The summed E-state index contributed by atoms with van der Waals surface area (Å²) in [6.45, 7) is 2.08. The van der Waals surface area contributed by atoms with Gasteiger partial charge in [0.25, 0.3) is 0 Å². The van der Waals surface area contributed by atoms with Crippen molar-refractivity contribution in [3.8, 4) is 23.2 Å². The molecule has 0 atom stereocenters. The van der Waals surface area contributed by atoms with Crippen molar-refractivity contribution in [1.29, 1.82) is 0 Å². The maximum absolute atomic E-state index is 12.9. The largest absolute Gasteiger partial charge is 0.235 e. The summed E-state index contributed by atoms with van der Waals surface area (Å²) in [6.07, 6.45) is 12.7. The van der Waals surface area contributed by atoms with Crippen LogP contribution in [0.1, 0.15) is 38.2 Å². The molecule has 1 aromatic heterocycles. The molecule has 0 radical (unpaired) electrons. The number of benzene rings is 1. The van der Waals surface area contributed by atoms with Crippen LogP contribution < -0.4 is 0 Å². The SMILES string of the molecule is C/C=C/[C@H]1CC[C@H](C#Cc2cnc(-c3ccc(F)cc3)nc2)CC1. The average molecular weight is 320 g/mol. The molecular weight excluding hydrogens is 299 g/mol. The molecule has 0 unspecified atom stereocenters. The normalized spacial score (nSPS) is 20.6. The molecule has 1 fully saturated rings. The van der Waals surface area contributed by atoms with E-state index in [1.54, 1.807) is 24.5 Å². The smallest absolute Gasteiger partial charge is 0.159 e. The van der Waals surface area contributed by atoms with Crippen LogP contribution in [0.15, 0.2) is 48.8 Å². The molecule has 2 aromatic rings. The zero-order valence-corrected chi connectivity index (χ0v) is 13.9. The van der Waals surface area contributed by atoms with Gasteiger partial charge >= 0.3 is 0 Å². The van der Waals surface area contributed by atoms with Crippen LogP contribution in [0.5, 0.6) is 0 Å². The molecule has 1 heterocycles. The number of hydrogen-bond donors (Lipinski definition) is 0. The van der Waals surface area contributed by atoms with Gasteiger partial charge in [0, 0.05) is 23.9 Å². The van der Waals surface area contributed by atoms with Crippen LogP contribution in [0.2, 0.25) is 0 Å². The van der Waals surface area contributed by atoms with Gasteiger partial charge < -0.3 is 0 Å². The van der Waals surface area contributed by atoms with E-state index in [-0.39, 0.29) is 5.82 Å². The number of rotatable bonds is 2. The number of hydrogen-bond acceptors (Lipinski definition) is 2. The Morgan fingerprint density at radius 2 is 1.71 bits per heavy atom. The first-order chi connectivity index (χ1) is 11.7. The van der Waals surface area contributed by atoms with Gasteiger partial charge in [0.1, 0.15) is 5.82 Å². The summed E-state index contributed by atoms with van der Waals surface area (Å²) in [5, 5.41) is 0. The molecule has 1 aromatic carbocycles. The molecule has 122 valence electrons. The lowest BCUT2D eigenvalue weighted by molar-refractivity contribution is 0.364. The molecule has 2 nitrogen and oxygen atoms in total. The Balaban J connectivity index is 1.62. The quantitative estimate of drug-likeness (QED) is 0.574. The van der Waals surface area contributed by atoms with Crippen molar-refractivity contribution in [2.75, 3.05) is 0 Å². The van der Waals surface area contributed by atoms with Gasteiger partial charge in [-0.25, -0.2) is 14.4 Å². The van der Waals surface area contributed by atoms with Crippen molar-refractivity contribution in [1.82, 2.24) is 9.97 Å². The minimum Gasteiger partial charge on any atom is -0.235 e. The molecule has 1 aliphatic carbocycles. The molecule has 0 spiro atoms. The number of allylic oxidation sites excluding steroid dienone is 2. The Hall–Kier alpha value is -2.47. The highest BCUT2D eigenvalue weighted by molar-refractivity contribution is 5.54. The second-order valence-electron chi connectivity index (χ2n) is 6.21. The molecule has 0 saturated heterocycles. The zero-order chi connectivity index (χ0) is 16.8. The summed E-state index contributed by atoms with van der Waals surface area (Å²) in [6, 6.07) is 6.19. The molecule has 1 saturated carbocycles. The number of aromatic nitrogens is 2. The van der Waals surface area contributed by atoms with Crippen LogP contribution in [-0.4, -0.2) is 9.97 Å². The van der Waals surface area contributed by atoms with Crippen molar-refractivity contribution in [2.45, 2.75) is 32.6 Å². The lowest BCUT2D eigenvalue weighted by Crippen LogP contribution is -2.11. The van der Waals surface area contributed by atoms with Gasteiger partial charge in [0.05, 0.1) is 5.56 Å². The molecule has 3 rings (SSSR count). The van der Waals surface area contributed by atoms with E-state index in [9.17, 15) is 4.39 Å². The fraction of sp³-hybridized carbons (Fsp3) is 0.333. The van der Waals surface area contributed by atoms with Crippen molar-refractivity contribution in [2.24, 2.45) is 11.8 Å². The summed E-state index contributed by atoms with van der Waals surface area (Å²) in [5.41, 5.74) is 1.63. The third-order valence-corrected chi connectivity index (χ3v) is 4.41. The molecule has 0 bridgehead atoms. The van der Waals surface area contributed by atoms with Gasteiger partial charge in [-0.15, -0.1) is 0 Å². The Labute approximate surface area is 142 Å².